The van der Waals surface area contributed by atoms with E-state index in [9.17, 15) is 4.79 Å². The Balaban J connectivity index is 1.47. The zero-order valence-corrected chi connectivity index (χ0v) is 14.1. The summed E-state index contributed by atoms with van der Waals surface area (Å²) in [5, 5.41) is 0. The molecule has 2 aliphatic rings. The van der Waals surface area contributed by atoms with Crippen molar-refractivity contribution in [1.82, 2.24) is 14.7 Å². The number of likely N-dealkylation sites (tertiary alicyclic amines) is 1. The molecule has 0 aliphatic carbocycles. The van der Waals surface area contributed by atoms with E-state index < -0.39 is 0 Å². The fraction of sp³-hybridized carbons (Fsp3) is 0.611. The molecular weight excluding hydrogens is 288 g/mol. The highest BCUT2D eigenvalue weighted by Gasteiger charge is 2.25. The first-order chi connectivity index (χ1) is 11.1. The molecule has 5 nitrogen and oxygen atoms in total. The Kier molecular flexibility index (Phi) is 5.18. The van der Waals surface area contributed by atoms with Crippen molar-refractivity contribution in [3.8, 4) is 0 Å². The highest BCUT2D eigenvalue weighted by molar-refractivity contribution is 5.78. The van der Waals surface area contributed by atoms with Crippen molar-refractivity contribution in [2.75, 3.05) is 58.6 Å². The summed E-state index contributed by atoms with van der Waals surface area (Å²) in [6.07, 6.45) is 2.08. The first-order valence-electron chi connectivity index (χ1n) is 8.66. The maximum atomic E-state index is 12.5. The number of piperidine rings is 1. The number of amides is 1. The maximum absolute atomic E-state index is 12.5. The minimum absolute atomic E-state index is 0.292. The second kappa shape index (κ2) is 7.32. The molecule has 3 rings (SSSR count). The third-order valence-corrected chi connectivity index (χ3v) is 5.18. The van der Waals surface area contributed by atoms with Crippen LogP contribution in [0.25, 0.3) is 0 Å². The molecule has 0 atom stereocenters. The molecule has 2 N–H and O–H groups in total. The van der Waals surface area contributed by atoms with Gasteiger partial charge in [-0.1, -0.05) is 12.1 Å². The molecule has 0 unspecified atom stereocenters. The number of carbonyl (C=O) groups excluding carboxylic acids is 1. The molecular formula is C18H28N4O. The Morgan fingerprint density at radius 2 is 1.83 bits per heavy atom. The zero-order valence-electron chi connectivity index (χ0n) is 14.1. The van der Waals surface area contributed by atoms with E-state index in [1.54, 1.807) is 0 Å². The van der Waals surface area contributed by atoms with Crippen molar-refractivity contribution in [3.05, 3.63) is 29.8 Å². The molecule has 0 radical (unpaired) electrons. The van der Waals surface area contributed by atoms with Gasteiger partial charge in [0, 0.05) is 45.0 Å². The van der Waals surface area contributed by atoms with Crippen LogP contribution in [-0.2, 0) is 4.79 Å². The summed E-state index contributed by atoms with van der Waals surface area (Å²) < 4.78 is 0. The molecule has 2 fully saturated rings. The summed E-state index contributed by atoms with van der Waals surface area (Å²) in [6, 6.07) is 8.18. The van der Waals surface area contributed by atoms with Crippen molar-refractivity contribution in [3.63, 3.8) is 0 Å². The van der Waals surface area contributed by atoms with Crippen molar-refractivity contribution < 1.29 is 4.79 Å². The van der Waals surface area contributed by atoms with Crippen molar-refractivity contribution >= 4 is 11.6 Å². The van der Waals surface area contributed by atoms with Crippen LogP contribution in [0, 0.1) is 0 Å². The van der Waals surface area contributed by atoms with Gasteiger partial charge in [-0.05, 0) is 43.5 Å². The minimum Gasteiger partial charge on any atom is -0.399 e. The van der Waals surface area contributed by atoms with Crippen LogP contribution in [0.4, 0.5) is 5.69 Å². The average Bonchev–Trinajstić information content (AvgIpc) is 2.57. The number of nitrogens with two attached hydrogens (primary N) is 1. The van der Waals surface area contributed by atoms with E-state index in [0.717, 1.165) is 57.8 Å². The van der Waals surface area contributed by atoms with Crippen LogP contribution in [0.1, 0.15) is 24.3 Å². The Morgan fingerprint density at radius 1 is 1.13 bits per heavy atom. The van der Waals surface area contributed by atoms with Gasteiger partial charge in [0.2, 0.25) is 5.91 Å². The topological polar surface area (TPSA) is 52.8 Å². The summed E-state index contributed by atoms with van der Waals surface area (Å²) in [6.45, 7) is 6.44. The monoisotopic (exact) mass is 316 g/mol. The van der Waals surface area contributed by atoms with E-state index in [1.807, 2.05) is 17.0 Å². The number of nitrogen functional groups attached to an aromatic ring is 1. The minimum atomic E-state index is 0.292. The first kappa shape index (κ1) is 16.3. The molecule has 0 saturated carbocycles. The van der Waals surface area contributed by atoms with Gasteiger partial charge in [-0.25, -0.2) is 0 Å². The third-order valence-electron chi connectivity index (χ3n) is 5.18. The molecule has 126 valence electrons. The highest BCUT2D eigenvalue weighted by atomic mass is 16.2. The molecule has 2 aliphatic heterocycles. The highest BCUT2D eigenvalue weighted by Crippen LogP contribution is 2.29. The number of anilines is 1. The largest absolute Gasteiger partial charge is 0.399 e. The maximum Gasteiger partial charge on any atom is 0.236 e. The van der Waals surface area contributed by atoms with Gasteiger partial charge in [-0.2, -0.15) is 0 Å². The Labute approximate surface area is 139 Å². The smallest absolute Gasteiger partial charge is 0.236 e. The summed E-state index contributed by atoms with van der Waals surface area (Å²) in [4.78, 5) is 19.1. The quantitative estimate of drug-likeness (QED) is 0.852. The molecule has 0 bridgehead atoms. The number of benzene rings is 1. The van der Waals surface area contributed by atoms with Crippen LogP contribution in [0.5, 0.6) is 0 Å². The second-order valence-electron chi connectivity index (χ2n) is 6.90. The molecule has 2 heterocycles. The molecule has 1 aromatic carbocycles. The number of hydrogen-bond donors (Lipinski definition) is 1. The molecule has 1 amide bonds. The lowest BCUT2D eigenvalue weighted by Crippen LogP contribution is -2.50. The lowest BCUT2D eigenvalue weighted by molar-refractivity contribution is -0.133. The summed E-state index contributed by atoms with van der Waals surface area (Å²) in [5.41, 5.74) is 8.03. The number of nitrogens with zero attached hydrogens (tertiary/aromatic N) is 3. The molecule has 5 heteroatoms. The standard InChI is InChI=1S/C18H28N4O/c1-20-9-11-21(12-10-20)14-18(23)22-7-5-15(6-8-22)16-3-2-4-17(19)13-16/h2-4,13,15H,5-12,14,19H2,1H3. The number of hydrogen-bond acceptors (Lipinski definition) is 4. The summed E-state index contributed by atoms with van der Waals surface area (Å²) in [7, 11) is 2.14. The Bertz CT molecular complexity index is 532. The van der Waals surface area contributed by atoms with E-state index in [0.29, 0.717) is 18.4 Å². The van der Waals surface area contributed by atoms with Gasteiger partial charge in [0.1, 0.15) is 0 Å². The normalized spacial score (nSPS) is 21.5. The van der Waals surface area contributed by atoms with Gasteiger partial charge in [-0.15, -0.1) is 0 Å². The van der Waals surface area contributed by atoms with Gasteiger partial charge in [0.15, 0.2) is 0 Å². The fourth-order valence-corrected chi connectivity index (χ4v) is 3.57. The molecule has 0 spiro atoms. The third kappa shape index (κ3) is 4.24. The van der Waals surface area contributed by atoms with Crippen LogP contribution >= 0.6 is 0 Å². The lowest BCUT2D eigenvalue weighted by atomic mass is 9.89. The second-order valence-corrected chi connectivity index (χ2v) is 6.90. The SMILES string of the molecule is CN1CCN(CC(=O)N2CCC(c3cccc(N)c3)CC2)CC1. The molecule has 1 aromatic rings. The van der Waals surface area contributed by atoms with Gasteiger partial charge >= 0.3 is 0 Å². The molecule has 0 aromatic heterocycles. The average molecular weight is 316 g/mol. The zero-order chi connectivity index (χ0) is 16.2. The van der Waals surface area contributed by atoms with E-state index in [1.165, 1.54) is 5.56 Å². The van der Waals surface area contributed by atoms with Crippen molar-refractivity contribution in [1.29, 1.82) is 0 Å². The van der Waals surface area contributed by atoms with Crippen LogP contribution in [0.3, 0.4) is 0 Å². The predicted molar refractivity (Wildman–Crippen MR) is 93.3 cm³/mol. The van der Waals surface area contributed by atoms with Crippen LogP contribution in [0.2, 0.25) is 0 Å². The van der Waals surface area contributed by atoms with Crippen molar-refractivity contribution in [2.24, 2.45) is 0 Å². The lowest BCUT2D eigenvalue weighted by Gasteiger charge is -2.36. The number of carbonyl (C=O) groups is 1. The van der Waals surface area contributed by atoms with E-state index in [2.05, 4.69) is 29.0 Å². The Morgan fingerprint density at radius 3 is 2.48 bits per heavy atom. The van der Waals surface area contributed by atoms with Gasteiger partial charge in [0.05, 0.1) is 6.54 Å². The first-order valence-corrected chi connectivity index (χ1v) is 8.66. The van der Waals surface area contributed by atoms with E-state index in [-0.39, 0.29) is 0 Å². The molecule has 2 saturated heterocycles. The summed E-state index contributed by atoms with van der Waals surface area (Å²) in [5.74, 6) is 0.826. The number of rotatable bonds is 3. The predicted octanol–water partition coefficient (Wildman–Crippen LogP) is 1.22. The van der Waals surface area contributed by atoms with E-state index in [4.69, 9.17) is 5.73 Å². The van der Waals surface area contributed by atoms with E-state index >= 15 is 0 Å². The van der Waals surface area contributed by atoms with Gasteiger partial charge in [-0.3, -0.25) is 9.69 Å². The van der Waals surface area contributed by atoms with Crippen LogP contribution in [0.15, 0.2) is 24.3 Å². The van der Waals surface area contributed by atoms with Crippen molar-refractivity contribution in [2.45, 2.75) is 18.8 Å². The fourth-order valence-electron chi connectivity index (χ4n) is 3.57. The van der Waals surface area contributed by atoms with Gasteiger partial charge < -0.3 is 15.5 Å². The summed E-state index contributed by atoms with van der Waals surface area (Å²) >= 11 is 0. The number of likely N-dealkylation sites (N-methyl/N-ethyl adjacent to an activating group) is 1. The number of piperazine rings is 1. The molecule has 23 heavy (non-hydrogen) atoms. The van der Waals surface area contributed by atoms with Gasteiger partial charge in [0.25, 0.3) is 0 Å². The Hall–Kier alpha value is -1.59. The van der Waals surface area contributed by atoms with Crippen LogP contribution < -0.4 is 5.73 Å². The van der Waals surface area contributed by atoms with Crippen LogP contribution in [-0.4, -0.2) is 73.5 Å².